The van der Waals surface area contributed by atoms with Gasteiger partial charge in [0.25, 0.3) is 0 Å². The smallest absolute Gasteiger partial charge is 0.318 e. The lowest BCUT2D eigenvalue weighted by atomic mass is 9.83. The van der Waals surface area contributed by atoms with Gasteiger partial charge in [-0.2, -0.15) is 0 Å². The molecule has 4 nitrogen and oxygen atoms in total. The maximum atomic E-state index is 13.8. The number of alkyl halides is 1. The van der Waals surface area contributed by atoms with Crippen molar-refractivity contribution in [3.05, 3.63) is 47.9 Å². The van der Waals surface area contributed by atoms with Crippen LogP contribution in [-0.2, 0) is 13.0 Å². The number of carbonyl (C=O) groups excluding carboxylic acids is 1. The van der Waals surface area contributed by atoms with Gasteiger partial charge in [-0.25, -0.2) is 4.39 Å². The number of carboxylic acid groups (broad SMARTS) is 1. The molecule has 0 fully saturated rings. The Labute approximate surface area is 116 Å². The first-order valence-corrected chi connectivity index (χ1v) is 6.19. The first-order chi connectivity index (χ1) is 8.47. The highest BCUT2D eigenvalue weighted by Gasteiger charge is 2.48. The van der Waals surface area contributed by atoms with Crippen LogP contribution >= 0.6 is 22.6 Å². The van der Waals surface area contributed by atoms with Gasteiger partial charge in [0.15, 0.2) is 5.92 Å². The van der Waals surface area contributed by atoms with Crippen molar-refractivity contribution in [2.75, 3.05) is 0 Å². The average molecular weight is 361 g/mol. The molecule has 0 aromatic heterocycles. The van der Waals surface area contributed by atoms with E-state index in [9.17, 15) is 19.1 Å². The van der Waals surface area contributed by atoms with Gasteiger partial charge in [0.2, 0.25) is 5.91 Å². The standard InChI is InChI=1S/C12H9FINO3/c13-8-4-2-1-3-7(8)12(14)5-6-15-10(16)9(12)11(17)18/h1-6,9H,(H,15,16)(H,17,18). The molecule has 6 heteroatoms. The van der Waals surface area contributed by atoms with Gasteiger partial charge in [-0.15, -0.1) is 0 Å². The Bertz CT molecular complexity index is 546. The van der Waals surface area contributed by atoms with Gasteiger partial charge < -0.3 is 10.4 Å². The highest BCUT2D eigenvalue weighted by Crippen LogP contribution is 2.43. The molecule has 94 valence electrons. The van der Waals surface area contributed by atoms with E-state index in [1.165, 1.54) is 30.5 Å². The summed E-state index contributed by atoms with van der Waals surface area (Å²) in [4.78, 5) is 22.9. The van der Waals surface area contributed by atoms with Crippen molar-refractivity contribution in [1.29, 1.82) is 0 Å². The van der Waals surface area contributed by atoms with Gasteiger partial charge in [0, 0.05) is 11.8 Å². The number of carbonyl (C=O) groups is 2. The molecule has 1 aliphatic rings. The first-order valence-electron chi connectivity index (χ1n) is 5.11. The third-order valence-electron chi connectivity index (χ3n) is 2.77. The minimum absolute atomic E-state index is 0.184. The summed E-state index contributed by atoms with van der Waals surface area (Å²) in [6.45, 7) is 0. The van der Waals surface area contributed by atoms with E-state index in [2.05, 4.69) is 5.32 Å². The molecule has 0 saturated heterocycles. The molecular formula is C12H9FINO3. The summed E-state index contributed by atoms with van der Waals surface area (Å²) in [5, 5.41) is 11.5. The molecule has 0 spiro atoms. The summed E-state index contributed by atoms with van der Waals surface area (Å²) in [5.41, 5.74) is 0.184. The number of hydrogen-bond acceptors (Lipinski definition) is 2. The minimum atomic E-state index is -1.36. The highest BCUT2D eigenvalue weighted by molar-refractivity contribution is 14.1. The van der Waals surface area contributed by atoms with Crippen LogP contribution in [0.1, 0.15) is 5.56 Å². The first kappa shape index (κ1) is 13.0. The van der Waals surface area contributed by atoms with Crippen LogP contribution in [0, 0.1) is 11.7 Å². The summed E-state index contributed by atoms with van der Waals surface area (Å²) in [6, 6.07) is 5.86. The van der Waals surface area contributed by atoms with Gasteiger partial charge in [0.05, 0.1) is 3.42 Å². The zero-order valence-electron chi connectivity index (χ0n) is 9.06. The Kier molecular flexibility index (Phi) is 3.38. The summed E-state index contributed by atoms with van der Waals surface area (Å²) in [5.74, 6) is -3.82. The van der Waals surface area contributed by atoms with E-state index >= 15 is 0 Å². The Balaban J connectivity index is 2.60. The molecule has 0 saturated carbocycles. The fraction of sp³-hybridized carbons (Fsp3) is 0.167. The number of halogens is 2. The Morgan fingerprint density at radius 1 is 1.44 bits per heavy atom. The van der Waals surface area contributed by atoms with E-state index in [0.29, 0.717) is 0 Å². The number of carboxylic acids is 1. The predicted molar refractivity (Wildman–Crippen MR) is 70.5 cm³/mol. The molecule has 0 bridgehead atoms. The van der Waals surface area contributed by atoms with Crippen molar-refractivity contribution in [1.82, 2.24) is 5.32 Å². The van der Waals surface area contributed by atoms with Crippen molar-refractivity contribution in [3.8, 4) is 0 Å². The number of nitrogens with one attached hydrogen (secondary N) is 1. The molecule has 2 atom stereocenters. The second kappa shape index (κ2) is 4.68. The largest absolute Gasteiger partial charge is 0.481 e. The SMILES string of the molecule is O=C(O)C1C(=O)NC=CC1(I)c1ccccc1F. The zero-order valence-corrected chi connectivity index (χ0v) is 11.2. The topological polar surface area (TPSA) is 66.4 Å². The molecule has 1 amide bonds. The highest BCUT2D eigenvalue weighted by atomic mass is 127. The van der Waals surface area contributed by atoms with Crippen LogP contribution in [0.5, 0.6) is 0 Å². The Morgan fingerprint density at radius 3 is 2.72 bits per heavy atom. The van der Waals surface area contributed by atoms with E-state index in [1.807, 2.05) is 0 Å². The number of aliphatic carboxylic acids is 1. The molecule has 1 aromatic rings. The fourth-order valence-electron chi connectivity index (χ4n) is 1.92. The zero-order chi connectivity index (χ0) is 13.3. The molecule has 0 radical (unpaired) electrons. The second-order valence-corrected chi connectivity index (χ2v) is 5.65. The lowest BCUT2D eigenvalue weighted by molar-refractivity contribution is -0.147. The maximum Gasteiger partial charge on any atom is 0.318 e. The summed E-state index contributed by atoms with van der Waals surface area (Å²) >= 11 is 1.81. The van der Waals surface area contributed by atoms with E-state index < -0.39 is 27.0 Å². The van der Waals surface area contributed by atoms with Gasteiger partial charge in [-0.3, -0.25) is 9.59 Å². The second-order valence-electron chi connectivity index (χ2n) is 3.86. The Hall–Kier alpha value is -1.44. The normalized spacial score (nSPS) is 26.8. The number of rotatable bonds is 2. The molecule has 0 aliphatic carbocycles. The van der Waals surface area contributed by atoms with Crippen LogP contribution in [0.3, 0.4) is 0 Å². The molecule has 1 aliphatic heterocycles. The van der Waals surface area contributed by atoms with E-state index in [0.717, 1.165) is 0 Å². The number of benzene rings is 1. The molecule has 2 unspecified atom stereocenters. The average Bonchev–Trinajstić information content (AvgIpc) is 2.28. The molecule has 1 heterocycles. The van der Waals surface area contributed by atoms with Crippen molar-refractivity contribution in [2.45, 2.75) is 3.42 Å². The fourth-order valence-corrected chi connectivity index (χ4v) is 3.09. The number of amides is 1. The van der Waals surface area contributed by atoms with Crippen molar-refractivity contribution < 1.29 is 19.1 Å². The molecule has 1 aromatic carbocycles. The van der Waals surface area contributed by atoms with E-state index in [1.54, 1.807) is 28.7 Å². The van der Waals surface area contributed by atoms with E-state index in [-0.39, 0.29) is 5.56 Å². The molecule has 2 N–H and O–H groups in total. The third kappa shape index (κ3) is 2.00. The van der Waals surface area contributed by atoms with Crippen molar-refractivity contribution in [3.63, 3.8) is 0 Å². The van der Waals surface area contributed by atoms with Crippen LogP contribution in [0.4, 0.5) is 4.39 Å². The minimum Gasteiger partial charge on any atom is -0.481 e. The molecule has 2 rings (SSSR count). The van der Waals surface area contributed by atoms with Gasteiger partial charge in [0.1, 0.15) is 5.82 Å². The molecular weight excluding hydrogens is 352 g/mol. The summed E-state index contributed by atoms with van der Waals surface area (Å²) in [7, 11) is 0. The van der Waals surface area contributed by atoms with Crippen LogP contribution in [0.2, 0.25) is 0 Å². The van der Waals surface area contributed by atoms with Crippen LogP contribution in [0.15, 0.2) is 36.5 Å². The third-order valence-corrected chi connectivity index (χ3v) is 4.33. The monoisotopic (exact) mass is 361 g/mol. The molecule has 18 heavy (non-hydrogen) atoms. The maximum absolute atomic E-state index is 13.8. The lowest BCUT2D eigenvalue weighted by Gasteiger charge is -2.32. The van der Waals surface area contributed by atoms with Crippen LogP contribution in [-0.4, -0.2) is 17.0 Å². The Morgan fingerprint density at radius 2 is 2.11 bits per heavy atom. The summed E-state index contributed by atoms with van der Waals surface area (Å²) < 4.78 is 12.6. The van der Waals surface area contributed by atoms with Gasteiger partial charge in [-0.1, -0.05) is 40.8 Å². The quantitative estimate of drug-likeness (QED) is 0.480. The van der Waals surface area contributed by atoms with E-state index in [4.69, 9.17) is 0 Å². The van der Waals surface area contributed by atoms with Crippen molar-refractivity contribution >= 4 is 34.5 Å². The number of allylic oxidation sites excluding steroid dienone is 1. The lowest BCUT2D eigenvalue weighted by Crippen LogP contribution is -2.47. The van der Waals surface area contributed by atoms with Crippen LogP contribution < -0.4 is 5.32 Å². The predicted octanol–water partition coefficient (Wildman–Crippen LogP) is 1.80. The summed E-state index contributed by atoms with van der Waals surface area (Å²) in [6.07, 6.45) is 2.84. The van der Waals surface area contributed by atoms with Crippen LogP contribution in [0.25, 0.3) is 0 Å². The van der Waals surface area contributed by atoms with Crippen molar-refractivity contribution in [2.24, 2.45) is 5.92 Å². The number of hydrogen-bond donors (Lipinski definition) is 2. The van der Waals surface area contributed by atoms with Gasteiger partial charge >= 0.3 is 5.97 Å². The van der Waals surface area contributed by atoms with Gasteiger partial charge in [-0.05, 0) is 12.1 Å².